The number of carbonyl (C=O) groups is 1. The van der Waals surface area contributed by atoms with Crippen LogP contribution in [0.1, 0.15) is 55.8 Å². The van der Waals surface area contributed by atoms with Crippen molar-refractivity contribution < 1.29 is 4.79 Å². The third-order valence-corrected chi connectivity index (χ3v) is 6.12. The van der Waals surface area contributed by atoms with Gasteiger partial charge in [-0.05, 0) is 56.5 Å². The minimum Gasteiger partial charge on any atom is -0.342 e. The molecule has 0 aliphatic carbocycles. The Kier molecular flexibility index (Phi) is 6.37. The zero-order chi connectivity index (χ0) is 19.2. The van der Waals surface area contributed by atoms with Crippen LogP contribution in [0.2, 0.25) is 0 Å². The van der Waals surface area contributed by atoms with Crippen molar-refractivity contribution in [3.05, 3.63) is 48.3 Å². The topological polar surface area (TPSA) is 54.3 Å². The highest BCUT2D eigenvalue weighted by Crippen LogP contribution is 2.27. The number of pyridine rings is 1. The maximum atomic E-state index is 12.7. The molecule has 0 N–H and O–H groups in total. The molecule has 0 atom stereocenters. The Morgan fingerprint density at radius 2 is 1.68 bits per heavy atom. The van der Waals surface area contributed by atoms with E-state index < -0.39 is 0 Å². The van der Waals surface area contributed by atoms with E-state index >= 15 is 0 Å². The molecule has 6 heteroatoms. The summed E-state index contributed by atoms with van der Waals surface area (Å²) in [5, 5.41) is 0. The third-order valence-electron chi connectivity index (χ3n) is 6.12. The van der Waals surface area contributed by atoms with Gasteiger partial charge >= 0.3 is 0 Å². The molecule has 2 aromatic rings. The minimum atomic E-state index is 0.306. The van der Waals surface area contributed by atoms with E-state index in [9.17, 15) is 4.79 Å². The number of aromatic nitrogens is 3. The Balaban J connectivity index is 1.31. The normalized spacial score (nSPS) is 19.5. The highest BCUT2D eigenvalue weighted by Gasteiger charge is 2.27. The second kappa shape index (κ2) is 9.32. The molecule has 0 unspecified atom stereocenters. The van der Waals surface area contributed by atoms with Crippen molar-refractivity contribution in [2.45, 2.75) is 51.0 Å². The highest BCUT2D eigenvalue weighted by atomic mass is 16.2. The Labute approximate surface area is 167 Å². The Morgan fingerprint density at radius 3 is 2.39 bits per heavy atom. The van der Waals surface area contributed by atoms with E-state index in [1.807, 2.05) is 30.7 Å². The van der Waals surface area contributed by atoms with E-state index in [2.05, 4.69) is 30.5 Å². The Bertz CT molecular complexity index is 743. The molecule has 1 amide bonds. The molecule has 0 bridgehead atoms. The maximum absolute atomic E-state index is 12.7. The van der Waals surface area contributed by atoms with Gasteiger partial charge < -0.3 is 9.47 Å². The van der Waals surface area contributed by atoms with Crippen LogP contribution in [-0.2, 0) is 11.3 Å². The van der Waals surface area contributed by atoms with Gasteiger partial charge in [0.15, 0.2) is 0 Å². The van der Waals surface area contributed by atoms with Crippen LogP contribution >= 0.6 is 0 Å². The number of carbonyl (C=O) groups excluding carboxylic acids is 1. The molecule has 150 valence electrons. The van der Waals surface area contributed by atoms with Crippen LogP contribution in [-0.4, -0.2) is 63.0 Å². The zero-order valence-electron chi connectivity index (χ0n) is 16.7. The first kappa shape index (κ1) is 19.1. The van der Waals surface area contributed by atoms with Crippen molar-refractivity contribution in [3.63, 3.8) is 0 Å². The Hall–Kier alpha value is -2.21. The van der Waals surface area contributed by atoms with E-state index in [0.717, 1.165) is 51.4 Å². The summed E-state index contributed by atoms with van der Waals surface area (Å²) < 4.78 is 2.24. The molecule has 4 rings (SSSR count). The van der Waals surface area contributed by atoms with Crippen molar-refractivity contribution in [3.8, 4) is 0 Å². The number of likely N-dealkylation sites (tertiary alicyclic amines) is 2. The lowest BCUT2D eigenvalue weighted by molar-refractivity contribution is -0.133. The second-order valence-electron chi connectivity index (χ2n) is 8.11. The van der Waals surface area contributed by atoms with Crippen molar-refractivity contribution in [2.75, 3.05) is 32.7 Å². The van der Waals surface area contributed by atoms with E-state index in [1.54, 1.807) is 0 Å². The second-order valence-corrected chi connectivity index (χ2v) is 8.11. The first-order valence-corrected chi connectivity index (χ1v) is 10.7. The molecule has 0 radical (unpaired) electrons. The molecule has 0 spiro atoms. The number of rotatable bonds is 5. The van der Waals surface area contributed by atoms with Crippen LogP contribution in [0.4, 0.5) is 0 Å². The first-order valence-electron chi connectivity index (χ1n) is 10.7. The SMILES string of the molecule is O=C(CN1CCCCCC1)N1CCC(c2nccn2Cc2ccncc2)CC1. The molecule has 6 nitrogen and oxygen atoms in total. The average Bonchev–Trinajstić information content (AvgIpc) is 3.03. The number of amides is 1. The number of hydrogen-bond donors (Lipinski definition) is 0. The number of imidazole rings is 1. The van der Waals surface area contributed by atoms with Crippen molar-refractivity contribution in [1.82, 2.24) is 24.3 Å². The summed E-state index contributed by atoms with van der Waals surface area (Å²) in [5.74, 6) is 1.89. The summed E-state index contributed by atoms with van der Waals surface area (Å²) in [6.07, 6.45) is 14.7. The van der Waals surface area contributed by atoms with Crippen LogP contribution in [0.3, 0.4) is 0 Å². The van der Waals surface area contributed by atoms with E-state index in [-0.39, 0.29) is 0 Å². The molecule has 2 fully saturated rings. The number of piperidine rings is 1. The summed E-state index contributed by atoms with van der Waals surface area (Å²) in [6.45, 7) is 5.27. The fourth-order valence-electron chi connectivity index (χ4n) is 4.47. The molecule has 0 saturated carbocycles. The van der Waals surface area contributed by atoms with Crippen molar-refractivity contribution in [2.24, 2.45) is 0 Å². The molecule has 2 aliphatic rings. The summed E-state index contributed by atoms with van der Waals surface area (Å²) in [6, 6.07) is 4.10. The number of hydrogen-bond acceptors (Lipinski definition) is 4. The molecular formula is C22H31N5O. The standard InChI is InChI=1S/C22H31N5O/c28-21(18-25-12-3-1-2-4-13-25)26-14-7-20(8-15-26)22-24-11-16-27(22)17-19-5-9-23-10-6-19/h5-6,9-11,16,20H,1-4,7-8,12-15,17-18H2. The van der Waals surface area contributed by atoms with E-state index in [0.29, 0.717) is 18.4 Å². The van der Waals surface area contributed by atoms with Gasteiger partial charge in [-0.15, -0.1) is 0 Å². The van der Waals surface area contributed by atoms with Crippen LogP contribution in [0.25, 0.3) is 0 Å². The summed E-state index contributed by atoms with van der Waals surface area (Å²) in [5.41, 5.74) is 1.24. The molecule has 2 aromatic heterocycles. The van der Waals surface area contributed by atoms with Gasteiger partial charge in [-0.25, -0.2) is 4.98 Å². The lowest BCUT2D eigenvalue weighted by Crippen LogP contribution is -2.44. The lowest BCUT2D eigenvalue weighted by Gasteiger charge is -2.33. The largest absolute Gasteiger partial charge is 0.342 e. The monoisotopic (exact) mass is 381 g/mol. The van der Waals surface area contributed by atoms with Gasteiger partial charge in [0.25, 0.3) is 0 Å². The minimum absolute atomic E-state index is 0.306. The van der Waals surface area contributed by atoms with Crippen LogP contribution in [0.5, 0.6) is 0 Å². The van der Waals surface area contributed by atoms with Gasteiger partial charge in [0.2, 0.25) is 5.91 Å². The fourth-order valence-corrected chi connectivity index (χ4v) is 4.47. The van der Waals surface area contributed by atoms with E-state index in [1.165, 1.54) is 31.2 Å². The van der Waals surface area contributed by atoms with Gasteiger partial charge in [-0.2, -0.15) is 0 Å². The summed E-state index contributed by atoms with van der Waals surface area (Å²) in [7, 11) is 0. The first-order chi connectivity index (χ1) is 13.8. The van der Waals surface area contributed by atoms with Gasteiger partial charge in [-0.1, -0.05) is 12.8 Å². The van der Waals surface area contributed by atoms with Gasteiger partial charge in [0.05, 0.1) is 6.54 Å². The zero-order valence-corrected chi connectivity index (χ0v) is 16.7. The maximum Gasteiger partial charge on any atom is 0.236 e. The number of nitrogens with zero attached hydrogens (tertiary/aromatic N) is 5. The predicted octanol–water partition coefficient (Wildman–Crippen LogP) is 2.91. The summed E-state index contributed by atoms with van der Waals surface area (Å²) >= 11 is 0. The Morgan fingerprint density at radius 1 is 0.964 bits per heavy atom. The highest BCUT2D eigenvalue weighted by molar-refractivity contribution is 5.78. The quantitative estimate of drug-likeness (QED) is 0.799. The molecule has 2 saturated heterocycles. The van der Waals surface area contributed by atoms with Crippen LogP contribution in [0, 0.1) is 0 Å². The van der Waals surface area contributed by atoms with Gasteiger partial charge in [0, 0.05) is 50.3 Å². The lowest BCUT2D eigenvalue weighted by atomic mass is 9.95. The fraction of sp³-hybridized carbons (Fsp3) is 0.591. The van der Waals surface area contributed by atoms with Crippen molar-refractivity contribution in [1.29, 1.82) is 0 Å². The molecule has 4 heterocycles. The average molecular weight is 382 g/mol. The van der Waals surface area contributed by atoms with Crippen LogP contribution < -0.4 is 0 Å². The molecular weight excluding hydrogens is 350 g/mol. The predicted molar refractivity (Wildman–Crippen MR) is 109 cm³/mol. The third kappa shape index (κ3) is 4.79. The summed E-state index contributed by atoms with van der Waals surface area (Å²) in [4.78, 5) is 25.9. The smallest absolute Gasteiger partial charge is 0.236 e. The molecule has 2 aliphatic heterocycles. The van der Waals surface area contributed by atoms with Gasteiger partial charge in [-0.3, -0.25) is 14.7 Å². The van der Waals surface area contributed by atoms with Crippen molar-refractivity contribution >= 4 is 5.91 Å². The molecule has 28 heavy (non-hydrogen) atoms. The van der Waals surface area contributed by atoms with Gasteiger partial charge in [0.1, 0.15) is 5.82 Å². The van der Waals surface area contributed by atoms with Crippen LogP contribution in [0.15, 0.2) is 36.9 Å². The molecule has 0 aromatic carbocycles. The van der Waals surface area contributed by atoms with E-state index in [4.69, 9.17) is 0 Å².